The molecule has 2 heteroatoms. The average Bonchev–Trinajstić information content (AvgIpc) is 2.25. The standard InChI is InChI=1S/C14H23NO/c1-5-12(10-15)16-13-8-6-11(7-9-13)14(2,3)4/h6-9,12H,5,10,15H2,1-4H3. The van der Waals surface area contributed by atoms with Crippen molar-refractivity contribution < 1.29 is 4.74 Å². The molecule has 0 aliphatic heterocycles. The number of hydrogen-bond acceptors (Lipinski definition) is 2. The summed E-state index contributed by atoms with van der Waals surface area (Å²) in [6, 6.07) is 8.30. The van der Waals surface area contributed by atoms with E-state index in [2.05, 4.69) is 39.8 Å². The lowest BCUT2D eigenvalue weighted by Gasteiger charge is -2.20. The van der Waals surface area contributed by atoms with Gasteiger partial charge in [0.05, 0.1) is 0 Å². The van der Waals surface area contributed by atoms with E-state index in [-0.39, 0.29) is 11.5 Å². The van der Waals surface area contributed by atoms with Gasteiger partial charge in [-0.15, -0.1) is 0 Å². The van der Waals surface area contributed by atoms with Gasteiger partial charge >= 0.3 is 0 Å². The molecule has 0 bridgehead atoms. The maximum atomic E-state index is 5.76. The van der Waals surface area contributed by atoms with E-state index in [1.807, 2.05) is 12.1 Å². The molecule has 1 atom stereocenters. The van der Waals surface area contributed by atoms with Crippen LogP contribution >= 0.6 is 0 Å². The van der Waals surface area contributed by atoms with Gasteiger partial charge in [0.2, 0.25) is 0 Å². The Morgan fingerprint density at radius 1 is 1.19 bits per heavy atom. The molecule has 1 rings (SSSR count). The van der Waals surface area contributed by atoms with Crippen LogP contribution in [0.4, 0.5) is 0 Å². The molecule has 2 N–H and O–H groups in total. The lowest BCUT2D eigenvalue weighted by Crippen LogP contribution is -2.25. The van der Waals surface area contributed by atoms with E-state index < -0.39 is 0 Å². The Morgan fingerprint density at radius 2 is 1.75 bits per heavy atom. The molecule has 16 heavy (non-hydrogen) atoms. The summed E-state index contributed by atoms with van der Waals surface area (Å²) in [5.41, 5.74) is 7.12. The minimum atomic E-state index is 0.125. The summed E-state index contributed by atoms with van der Waals surface area (Å²) in [5.74, 6) is 0.908. The predicted octanol–water partition coefficient (Wildman–Crippen LogP) is 3.10. The van der Waals surface area contributed by atoms with Crippen LogP contribution in [0, 0.1) is 0 Å². The van der Waals surface area contributed by atoms with Crippen molar-refractivity contribution in [1.82, 2.24) is 0 Å². The minimum Gasteiger partial charge on any atom is -0.489 e. The van der Waals surface area contributed by atoms with Crippen molar-refractivity contribution in [3.05, 3.63) is 29.8 Å². The molecule has 1 aromatic carbocycles. The van der Waals surface area contributed by atoms with E-state index in [9.17, 15) is 0 Å². The lowest BCUT2D eigenvalue weighted by atomic mass is 9.87. The van der Waals surface area contributed by atoms with Crippen molar-refractivity contribution in [3.63, 3.8) is 0 Å². The summed E-state index contributed by atoms with van der Waals surface area (Å²) >= 11 is 0. The molecular weight excluding hydrogens is 198 g/mol. The van der Waals surface area contributed by atoms with E-state index in [1.54, 1.807) is 0 Å². The van der Waals surface area contributed by atoms with E-state index in [0.29, 0.717) is 6.54 Å². The highest BCUT2D eigenvalue weighted by Crippen LogP contribution is 2.24. The summed E-state index contributed by atoms with van der Waals surface area (Å²) in [6.07, 6.45) is 1.07. The summed E-state index contributed by atoms with van der Waals surface area (Å²) in [4.78, 5) is 0. The summed E-state index contributed by atoms with van der Waals surface area (Å²) < 4.78 is 5.76. The van der Waals surface area contributed by atoms with Crippen molar-refractivity contribution in [3.8, 4) is 5.75 Å². The largest absolute Gasteiger partial charge is 0.489 e. The highest BCUT2D eigenvalue weighted by Gasteiger charge is 2.13. The molecule has 0 aliphatic rings. The van der Waals surface area contributed by atoms with E-state index in [0.717, 1.165) is 12.2 Å². The number of nitrogens with two attached hydrogens (primary N) is 1. The Bertz CT molecular complexity index is 307. The summed E-state index contributed by atoms with van der Waals surface area (Å²) in [5, 5.41) is 0. The van der Waals surface area contributed by atoms with Crippen LogP contribution in [0.2, 0.25) is 0 Å². The third-order valence-corrected chi connectivity index (χ3v) is 2.74. The first-order valence-electron chi connectivity index (χ1n) is 5.94. The van der Waals surface area contributed by atoms with Gasteiger partial charge in [0.25, 0.3) is 0 Å². The highest BCUT2D eigenvalue weighted by molar-refractivity contribution is 5.31. The van der Waals surface area contributed by atoms with Crippen LogP contribution < -0.4 is 10.5 Å². The second-order valence-electron chi connectivity index (χ2n) is 5.16. The van der Waals surface area contributed by atoms with Gasteiger partial charge in [-0.25, -0.2) is 0 Å². The average molecular weight is 221 g/mol. The third-order valence-electron chi connectivity index (χ3n) is 2.74. The predicted molar refractivity (Wildman–Crippen MR) is 68.9 cm³/mol. The smallest absolute Gasteiger partial charge is 0.119 e. The first-order valence-corrected chi connectivity index (χ1v) is 5.94. The lowest BCUT2D eigenvalue weighted by molar-refractivity contribution is 0.205. The van der Waals surface area contributed by atoms with Gasteiger partial charge in [0.1, 0.15) is 11.9 Å². The van der Waals surface area contributed by atoms with Crippen molar-refractivity contribution in [1.29, 1.82) is 0 Å². The van der Waals surface area contributed by atoms with Crippen molar-refractivity contribution in [2.45, 2.75) is 45.6 Å². The quantitative estimate of drug-likeness (QED) is 0.848. The molecule has 0 amide bonds. The SMILES string of the molecule is CCC(CN)Oc1ccc(C(C)(C)C)cc1. The molecule has 2 nitrogen and oxygen atoms in total. The number of ether oxygens (including phenoxy) is 1. The fraction of sp³-hybridized carbons (Fsp3) is 0.571. The maximum Gasteiger partial charge on any atom is 0.119 e. The Balaban J connectivity index is 2.72. The molecule has 0 heterocycles. The zero-order valence-corrected chi connectivity index (χ0v) is 10.8. The van der Waals surface area contributed by atoms with E-state index in [1.165, 1.54) is 5.56 Å². The molecule has 0 fully saturated rings. The van der Waals surface area contributed by atoms with Crippen LogP contribution in [-0.4, -0.2) is 12.6 Å². The van der Waals surface area contributed by atoms with Crippen LogP contribution in [0.3, 0.4) is 0 Å². The molecule has 1 unspecified atom stereocenters. The van der Waals surface area contributed by atoms with Crippen LogP contribution in [0.15, 0.2) is 24.3 Å². The van der Waals surface area contributed by atoms with E-state index >= 15 is 0 Å². The molecule has 0 aromatic heterocycles. The zero-order chi connectivity index (χ0) is 12.2. The Hall–Kier alpha value is -1.02. The fourth-order valence-electron chi connectivity index (χ4n) is 1.52. The molecule has 0 saturated heterocycles. The maximum absolute atomic E-state index is 5.76. The van der Waals surface area contributed by atoms with Gasteiger partial charge in [0, 0.05) is 6.54 Å². The van der Waals surface area contributed by atoms with Crippen LogP contribution in [0.5, 0.6) is 5.75 Å². The fourth-order valence-corrected chi connectivity index (χ4v) is 1.52. The summed E-state index contributed by atoms with van der Waals surface area (Å²) in [7, 11) is 0. The van der Waals surface area contributed by atoms with Crippen molar-refractivity contribution in [2.75, 3.05) is 6.54 Å². The molecule has 0 spiro atoms. The number of hydrogen-bond donors (Lipinski definition) is 1. The molecule has 0 aliphatic carbocycles. The molecule has 90 valence electrons. The van der Waals surface area contributed by atoms with Gasteiger partial charge in [-0.2, -0.15) is 0 Å². The van der Waals surface area contributed by atoms with Gasteiger partial charge in [-0.05, 0) is 29.5 Å². The van der Waals surface area contributed by atoms with Crippen molar-refractivity contribution >= 4 is 0 Å². The topological polar surface area (TPSA) is 35.2 Å². The summed E-state index contributed by atoms with van der Waals surface area (Å²) in [6.45, 7) is 9.27. The monoisotopic (exact) mass is 221 g/mol. The van der Waals surface area contributed by atoms with Crippen LogP contribution in [0.25, 0.3) is 0 Å². The second-order valence-corrected chi connectivity index (χ2v) is 5.16. The number of benzene rings is 1. The number of rotatable bonds is 4. The third kappa shape index (κ3) is 3.53. The Kier molecular flexibility index (Phi) is 4.36. The van der Waals surface area contributed by atoms with Crippen molar-refractivity contribution in [2.24, 2.45) is 5.73 Å². The first kappa shape index (κ1) is 13.0. The second kappa shape index (κ2) is 5.35. The zero-order valence-electron chi connectivity index (χ0n) is 10.8. The molecule has 1 aromatic rings. The Morgan fingerprint density at radius 3 is 2.12 bits per heavy atom. The van der Waals surface area contributed by atoms with Gasteiger partial charge in [-0.3, -0.25) is 0 Å². The van der Waals surface area contributed by atoms with Crippen LogP contribution in [0.1, 0.15) is 39.7 Å². The van der Waals surface area contributed by atoms with E-state index in [4.69, 9.17) is 10.5 Å². The highest BCUT2D eigenvalue weighted by atomic mass is 16.5. The normalized spacial score (nSPS) is 13.6. The van der Waals surface area contributed by atoms with Crippen LogP contribution in [-0.2, 0) is 5.41 Å². The molecule has 0 saturated carbocycles. The van der Waals surface area contributed by atoms with Gasteiger partial charge in [0.15, 0.2) is 0 Å². The minimum absolute atomic E-state index is 0.125. The first-order chi connectivity index (χ1) is 7.47. The molecule has 0 radical (unpaired) electrons. The molecular formula is C14H23NO. The van der Waals surface area contributed by atoms with Gasteiger partial charge < -0.3 is 10.5 Å². The van der Waals surface area contributed by atoms with Gasteiger partial charge in [-0.1, -0.05) is 39.8 Å². The Labute approximate surface area is 98.8 Å².